The molecular formula is C13H21N3O3. The van der Waals surface area contributed by atoms with Gasteiger partial charge in [0.2, 0.25) is 0 Å². The summed E-state index contributed by atoms with van der Waals surface area (Å²) < 4.78 is 12.1. The number of nitrogens with one attached hydrogen (secondary N) is 1. The molecule has 1 fully saturated rings. The number of aromatic nitrogens is 2. The van der Waals surface area contributed by atoms with Crippen LogP contribution in [0.3, 0.4) is 0 Å². The minimum atomic E-state index is -0.507. The lowest BCUT2D eigenvalue weighted by atomic mass is 9.91. The van der Waals surface area contributed by atoms with Gasteiger partial charge >= 0.3 is 6.09 Å². The van der Waals surface area contributed by atoms with Gasteiger partial charge in [0.1, 0.15) is 11.9 Å². The van der Waals surface area contributed by atoms with Gasteiger partial charge in [0.15, 0.2) is 0 Å². The zero-order chi connectivity index (χ0) is 14.1. The van der Waals surface area contributed by atoms with E-state index in [1.807, 2.05) is 20.8 Å². The fourth-order valence-corrected chi connectivity index (χ4v) is 1.94. The molecule has 0 aliphatic carbocycles. The Morgan fingerprint density at radius 3 is 2.68 bits per heavy atom. The third-order valence-electron chi connectivity index (χ3n) is 3.07. The molecule has 0 aromatic carbocycles. The highest BCUT2D eigenvalue weighted by molar-refractivity contribution is 5.70. The predicted octanol–water partition coefficient (Wildman–Crippen LogP) is 1.20. The van der Waals surface area contributed by atoms with E-state index in [9.17, 15) is 4.79 Å². The molecular weight excluding hydrogens is 246 g/mol. The van der Waals surface area contributed by atoms with E-state index < -0.39 is 11.7 Å². The molecule has 1 aliphatic rings. The molecule has 1 saturated heterocycles. The quantitative estimate of drug-likeness (QED) is 0.891. The van der Waals surface area contributed by atoms with Gasteiger partial charge in [-0.25, -0.2) is 14.3 Å². The summed E-state index contributed by atoms with van der Waals surface area (Å²) in [5.41, 5.74) is 0.134. The second-order valence-corrected chi connectivity index (χ2v) is 5.92. The number of nitrogens with zero attached hydrogens (tertiary/aromatic N) is 2. The first-order valence-corrected chi connectivity index (χ1v) is 6.36. The molecule has 2 rings (SSSR count). The topological polar surface area (TPSA) is 65.4 Å². The number of hydrogen-bond donors (Lipinski definition) is 1. The summed E-state index contributed by atoms with van der Waals surface area (Å²) in [5.74, 6) is 0. The summed E-state index contributed by atoms with van der Waals surface area (Å²) in [6.07, 6.45) is 3.46. The number of methoxy groups -OCH3 is 1. The lowest BCUT2D eigenvalue weighted by molar-refractivity contribution is -0.0508. The third-order valence-corrected chi connectivity index (χ3v) is 3.07. The standard InChI is InChI=1S/C13H21N3O3/c1-12(2,3)19-11(17)16-6-10(15-9-16)5-13(18-4)7-14-8-13/h6,9,14H,5,7-8H2,1-4H3. The molecule has 1 aliphatic heterocycles. The van der Waals surface area contributed by atoms with Crippen LogP contribution in [0.25, 0.3) is 0 Å². The first-order chi connectivity index (χ1) is 8.84. The zero-order valence-corrected chi connectivity index (χ0v) is 11.9. The Morgan fingerprint density at radius 1 is 1.53 bits per heavy atom. The molecule has 0 atom stereocenters. The predicted molar refractivity (Wildman–Crippen MR) is 70.2 cm³/mol. The first-order valence-electron chi connectivity index (χ1n) is 6.36. The Bertz CT molecular complexity index is 452. The summed E-state index contributed by atoms with van der Waals surface area (Å²) >= 11 is 0. The van der Waals surface area contributed by atoms with Crippen molar-refractivity contribution < 1.29 is 14.3 Å². The molecule has 6 nitrogen and oxygen atoms in total. The lowest BCUT2D eigenvalue weighted by Gasteiger charge is -2.40. The maximum atomic E-state index is 11.8. The molecule has 0 spiro atoms. The van der Waals surface area contributed by atoms with E-state index in [1.165, 1.54) is 10.9 Å². The second-order valence-electron chi connectivity index (χ2n) is 5.92. The minimum absolute atomic E-state index is 0.187. The normalized spacial score (nSPS) is 17.9. The van der Waals surface area contributed by atoms with Crippen molar-refractivity contribution in [2.75, 3.05) is 20.2 Å². The summed E-state index contributed by atoms with van der Waals surface area (Å²) in [6.45, 7) is 7.12. The van der Waals surface area contributed by atoms with E-state index in [4.69, 9.17) is 9.47 Å². The monoisotopic (exact) mass is 267 g/mol. The average molecular weight is 267 g/mol. The van der Waals surface area contributed by atoms with Gasteiger partial charge in [-0.05, 0) is 20.8 Å². The van der Waals surface area contributed by atoms with Crippen LogP contribution in [0.2, 0.25) is 0 Å². The molecule has 0 amide bonds. The van der Waals surface area contributed by atoms with E-state index in [2.05, 4.69) is 10.3 Å². The smallest absolute Gasteiger partial charge is 0.419 e. The maximum absolute atomic E-state index is 11.8. The molecule has 106 valence electrons. The van der Waals surface area contributed by atoms with Crippen LogP contribution in [0.1, 0.15) is 26.5 Å². The fourth-order valence-electron chi connectivity index (χ4n) is 1.94. The lowest BCUT2D eigenvalue weighted by Crippen LogP contribution is -2.61. The van der Waals surface area contributed by atoms with Crippen molar-refractivity contribution in [3.8, 4) is 0 Å². The highest BCUT2D eigenvalue weighted by atomic mass is 16.6. The Kier molecular flexibility index (Phi) is 3.64. The molecule has 0 unspecified atom stereocenters. The molecule has 1 aromatic heterocycles. The van der Waals surface area contributed by atoms with E-state index in [0.717, 1.165) is 18.8 Å². The van der Waals surface area contributed by atoms with Gasteiger partial charge in [0, 0.05) is 32.8 Å². The van der Waals surface area contributed by atoms with Crippen LogP contribution in [-0.2, 0) is 15.9 Å². The number of carbonyl (C=O) groups is 1. The van der Waals surface area contributed by atoms with Gasteiger partial charge in [-0.3, -0.25) is 0 Å². The van der Waals surface area contributed by atoms with Gasteiger partial charge in [-0.15, -0.1) is 0 Å². The summed E-state index contributed by atoms with van der Waals surface area (Å²) in [5, 5.41) is 3.18. The van der Waals surface area contributed by atoms with Gasteiger partial charge in [0.25, 0.3) is 0 Å². The molecule has 0 bridgehead atoms. The van der Waals surface area contributed by atoms with Crippen molar-refractivity contribution in [1.29, 1.82) is 0 Å². The summed E-state index contributed by atoms with van der Waals surface area (Å²) in [7, 11) is 1.70. The number of imidazole rings is 1. The molecule has 1 N–H and O–H groups in total. The fraction of sp³-hybridized carbons (Fsp3) is 0.692. The van der Waals surface area contributed by atoms with Crippen LogP contribution in [0.15, 0.2) is 12.5 Å². The van der Waals surface area contributed by atoms with E-state index in [-0.39, 0.29) is 5.60 Å². The Labute approximate surface area is 113 Å². The van der Waals surface area contributed by atoms with Crippen molar-refractivity contribution in [2.24, 2.45) is 0 Å². The van der Waals surface area contributed by atoms with Gasteiger partial charge in [-0.1, -0.05) is 0 Å². The van der Waals surface area contributed by atoms with Gasteiger partial charge in [0.05, 0.1) is 11.3 Å². The Hall–Kier alpha value is -1.40. The van der Waals surface area contributed by atoms with Crippen molar-refractivity contribution in [3.05, 3.63) is 18.2 Å². The molecule has 1 aromatic rings. The van der Waals surface area contributed by atoms with Crippen LogP contribution in [0.4, 0.5) is 4.79 Å². The molecule has 6 heteroatoms. The van der Waals surface area contributed by atoms with Crippen LogP contribution < -0.4 is 5.32 Å². The largest absolute Gasteiger partial charge is 0.443 e. The summed E-state index contributed by atoms with van der Waals surface area (Å²) in [4.78, 5) is 16.1. The zero-order valence-electron chi connectivity index (χ0n) is 11.9. The number of ether oxygens (including phenoxy) is 2. The van der Waals surface area contributed by atoms with Crippen LogP contribution in [-0.4, -0.2) is 47.0 Å². The van der Waals surface area contributed by atoms with Gasteiger partial charge in [-0.2, -0.15) is 0 Å². The second kappa shape index (κ2) is 4.94. The highest BCUT2D eigenvalue weighted by Crippen LogP contribution is 2.21. The van der Waals surface area contributed by atoms with Crippen molar-refractivity contribution in [3.63, 3.8) is 0 Å². The highest BCUT2D eigenvalue weighted by Gasteiger charge is 2.37. The number of carbonyl (C=O) groups excluding carboxylic acids is 1. The van der Waals surface area contributed by atoms with E-state index >= 15 is 0 Å². The number of hydrogen-bond acceptors (Lipinski definition) is 5. The average Bonchev–Trinajstić information content (AvgIpc) is 2.69. The Balaban J connectivity index is 2.01. The molecule has 0 saturated carbocycles. The molecule has 0 radical (unpaired) electrons. The van der Waals surface area contributed by atoms with E-state index in [0.29, 0.717) is 6.42 Å². The third kappa shape index (κ3) is 3.33. The molecule has 2 heterocycles. The summed E-state index contributed by atoms with van der Waals surface area (Å²) in [6, 6.07) is 0. The van der Waals surface area contributed by atoms with Crippen molar-refractivity contribution in [2.45, 2.75) is 38.4 Å². The maximum Gasteiger partial charge on any atom is 0.419 e. The van der Waals surface area contributed by atoms with Crippen LogP contribution in [0.5, 0.6) is 0 Å². The SMILES string of the molecule is COC1(Cc2cn(C(=O)OC(C)(C)C)cn2)CNC1. The van der Waals surface area contributed by atoms with E-state index in [1.54, 1.807) is 13.3 Å². The first kappa shape index (κ1) is 14.0. The minimum Gasteiger partial charge on any atom is -0.443 e. The van der Waals surface area contributed by atoms with Crippen LogP contribution in [0, 0.1) is 0 Å². The van der Waals surface area contributed by atoms with Crippen LogP contribution >= 0.6 is 0 Å². The number of rotatable bonds is 3. The Morgan fingerprint density at radius 2 is 2.21 bits per heavy atom. The van der Waals surface area contributed by atoms with Gasteiger partial charge < -0.3 is 14.8 Å². The van der Waals surface area contributed by atoms with Crippen molar-refractivity contribution in [1.82, 2.24) is 14.9 Å². The molecule has 19 heavy (non-hydrogen) atoms. The van der Waals surface area contributed by atoms with Crippen molar-refractivity contribution >= 4 is 6.09 Å².